The Hall–Kier alpha value is -4.01. The molecule has 0 aliphatic carbocycles. The van der Waals surface area contributed by atoms with Crippen molar-refractivity contribution >= 4 is 16.7 Å². The van der Waals surface area contributed by atoms with Gasteiger partial charge in [0, 0.05) is 6.07 Å². The first-order valence-corrected chi connectivity index (χ1v) is 9.88. The number of hydrogen-bond acceptors (Lipinski definition) is 8. The zero-order valence-corrected chi connectivity index (χ0v) is 17.2. The van der Waals surface area contributed by atoms with Gasteiger partial charge in [0.15, 0.2) is 11.5 Å². The van der Waals surface area contributed by atoms with Crippen molar-refractivity contribution in [3.05, 3.63) is 94.0 Å². The molecule has 0 radical (unpaired) electrons. The summed E-state index contributed by atoms with van der Waals surface area (Å²) < 4.78 is 22.6. The number of benzene rings is 3. The highest BCUT2D eigenvalue weighted by atomic mass is 16.8. The molecular weight excluding hydrogens is 414 g/mol. The minimum Gasteiger partial charge on any atom is -0.733 e. The van der Waals surface area contributed by atoms with Crippen molar-refractivity contribution in [3.63, 3.8) is 0 Å². The molecular formula is C24H20NO7-. The van der Waals surface area contributed by atoms with E-state index in [4.69, 9.17) is 23.8 Å². The van der Waals surface area contributed by atoms with Gasteiger partial charge in [-0.15, -0.1) is 0 Å². The van der Waals surface area contributed by atoms with E-state index >= 15 is 0 Å². The van der Waals surface area contributed by atoms with Crippen LogP contribution in [0.15, 0.2) is 82.2 Å². The molecule has 0 saturated carbocycles. The second-order valence-electron chi connectivity index (χ2n) is 6.80. The smallest absolute Gasteiger partial charge is 0.235 e. The molecule has 4 rings (SSSR count). The van der Waals surface area contributed by atoms with Crippen LogP contribution >= 0.6 is 0 Å². The summed E-state index contributed by atoms with van der Waals surface area (Å²) in [5, 5.41) is 19.9. The topological polar surface area (TPSA) is 104 Å². The predicted molar refractivity (Wildman–Crippen MR) is 119 cm³/mol. The second-order valence-corrected chi connectivity index (χ2v) is 6.80. The van der Waals surface area contributed by atoms with Crippen LogP contribution in [-0.4, -0.2) is 11.8 Å². The lowest BCUT2D eigenvalue weighted by atomic mass is 10.2. The SMILES string of the molecule is CCOc1ccccc1Oc1coc2cc(OCc3ccc(N([O-])O)cc3)ccc2c1=O. The highest BCUT2D eigenvalue weighted by Gasteiger charge is 2.13. The number of nitrogens with zero attached hydrogens (tertiary/aromatic N) is 1. The molecule has 3 aromatic carbocycles. The quantitative estimate of drug-likeness (QED) is 0.375. The van der Waals surface area contributed by atoms with E-state index in [1.165, 1.54) is 18.4 Å². The molecule has 0 amide bonds. The molecule has 0 saturated heterocycles. The lowest BCUT2D eigenvalue weighted by molar-refractivity contribution is 0.295. The molecule has 0 atom stereocenters. The first-order valence-electron chi connectivity index (χ1n) is 9.88. The lowest BCUT2D eigenvalue weighted by Gasteiger charge is -2.21. The van der Waals surface area contributed by atoms with Gasteiger partial charge in [-0.05, 0) is 48.9 Å². The summed E-state index contributed by atoms with van der Waals surface area (Å²) in [6.45, 7) is 2.57. The fourth-order valence-corrected chi connectivity index (χ4v) is 3.07. The van der Waals surface area contributed by atoms with Crippen LogP contribution in [0.3, 0.4) is 0 Å². The molecule has 0 fully saturated rings. The standard InChI is InChI=1S/C24H20NO7/c1-2-29-20-5-3-4-6-21(20)32-23-15-31-22-13-18(11-12-19(22)24(23)26)30-14-16-7-9-17(10-8-16)25(27)28/h3-13,15,27H,2,14H2,1H3/q-1. The van der Waals surface area contributed by atoms with Crippen LogP contribution in [0.1, 0.15) is 12.5 Å². The van der Waals surface area contributed by atoms with Gasteiger partial charge in [-0.1, -0.05) is 24.3 Å². The van der Waals surface area contributed by atoms with E-state index in [0.29, 0.717) is 34.8 Å². The Morgan fingerprint density at radius 3 is 2.44 bits per heavy atom. The Morgan fingerprint density at radius 1 is 0.969 bits per heavy atom. The number of anilines is 1. The average Bonchev–Trinajstić information content (AvgIpc) is 2.81. The third kappa shape index (κ3) is 4.66. The van der Waals surface area contributed by atoms with Crippen molar-refractivity contribution in [1.82, 2.24) is 0 Å². The van der Waals surface area contributed by atoms with Gasteiger partial charge in [-0.25, -0.2) is 0 Å². The van der Waals surface area contributed by atoms with E-state index in [9.17, 15) is 10.0 Å². The van der Waals surface area contributed by atoms with E-state index < -0.39 is 0 Å². The molecule has 1 aromatic heterocycles. The van der Waals surface area contributed by atoms with Crippen molar-refractivity contribution in [2.75, 3.05) is 11.8 Å². The van der Waals surface area contributed by atoms with E-state index in [0.717, 1.165) is 5.56 Å². The lowest BCUT2D eigenvalue weighted by Crippen LogP contribution is -2.07. The molecule has 8 nitrogen and oxygen atoms in total. The van der Waals surface area contributed by atoms with Gasteiger partial charge < -0.3 is 29.1 Å². The maximum absolute atomic E-state index is 12.9. The van der Waals surface area contributed by atoms with Crippen molar-refractivity contribution in [1.29, 1.82) is 0 Å². The van der Waals surface area contributed by atoms with Crippen LogP contribution in [0.25, 0.3) is 11.0 Å². The van der Waals surface area contributed by atoms with Crippen LogP contribution in [0, 0.1) is 5.21 Å². The molecule has 164 valence electrons. The highest BCUT2D eigenvalue weighted by molar-refractivity contribution is 5.79. The van der Waals surface area contributed by atoms with Crippen LogP contribution in [0.4, 0.5) is 5.69 Å². The van der Waals surface area contributed by atoms with Crippen molar-refractivity contribution in [2.24, 2.45) is 0 Å². The average molecular weight is 434 g/mol. The summed E-state index contributed by atoms with van der Waals surface area (Å²) in [5.74, 6) is 1.52. The minimum absolute atomic E-state index is 0.0507. The summed E-state index contributed by atoms with van der Waals surface area (Å²) in [6.07, 6.45) is 1.26. The van der Waals surface area contributed by atoms with Gasteiger partial charge in [-0.3, -0.25) is 10.0 Å². The summed E-state index contributed by atoms with van der Waals surface area (Å²) >= 11 is 0. The molecule has 8 heteroatoms. The molecule has 0 unspecified atom stereocenters. The van der Waals surface area contributed by atoms with Crippen LogP contribution in [0.5, 0.6) is 23.0 Å². The number of para-hydroxylation sites is 2. The molecule has 0 bridgehead atoms. The van der Waals surface area contributed by atoms with Gasteiger partial charge in [-0.2, -0.15) is 0 Å². The second kappa shape index (κ2) is 9.42. The van der Waals surface area contributed by atoms with Crippen LogP contribution < -0.4 is 24.9 Å². The zero-order valence-electron chi connectivity index (χ0n) is 17.2. The Labute approximate surface area is 183 Å². The molecule has 32 heavy (non-hydrogen) atoms. The number of ether oxygens (including phenoxy) is 3. The van der Waals surface area contributed by atoms with E-state index in [2.05, 4.69) is 0 Å². The maximum Gasteiger partial charge on any atom is 0.235 e. The third-order valence-corrected chi connectivity index (χ3v) is 4.65. The minimum atomic E-state index is -0.314. The Kier molecular flexibility index (Phi) is 6.25. The molecule has 0 aliphatic heterocycles. The number of hydrogen-bond donors (Lipinski definition) is 1. The van der Waals surface area contributed by atoms with Gasteiger partial charge in [0.25, 0.3) is 0 Å². The Morgan fingerprint density at radius 2 is 1.72 bits per heavy atom. The molecule has 1 heterocycles. The third-order valence-electron chi connectivity index (χ3n) is 4.65. The molecule has 1 N–H and O–H groups in total. The summed E-state index contributed by atoms with van der Waals surface area (Å²) in [5.41, 5.74) is 0.971. The van der Waals surface area contributed by atoms with Gasteiger partial charge in [0.2, 0.25) is 11.2 Å². The molecule has 4 aromatic rings. The van der Waals surface area contributed by atoms with Crippen LogP contribution in [-0.2, 0) is 6.61 Å². The van der Waals surface area contributed by atoms with Gasteiger partial charge >= 0.3 is 0 Å². The summed E-state index contributed by atoms with van der Waals surface area (Å²) in [7, 11) is 0. The highest BCUT2D eigenvalue weighted by Crippen LogP contribution is 2.31. The predicted octanol–water partition coefficient (Wildman–Crippen LogP) is 5.26. The summed E-state index contributed by atoms with van der Waals surface area (Å²) in [4.78, 5) is 12.9. The van der Waals surface area contributed by atoms with Gasteiger partial charge in [0.1, 0.15) is 24.2 Å². The zero-order chi connectivity index (χ0) is 22.5. The van der Waals surface area contributed by atoms with Crippen LogP contribution in [0.2, 0.25) is 0 Å². The monoisotopic (exact) mass is 434 g/mol. The molecule has 0 spiro atoms. The van der Waals surface area contributed by atoms with E-state index in [-0.39, 0.29) is 28.7 Å². The fourth-order valence-electron chi connectivity index (χ4n) is 3.07. The van der Waals surface area contributed by atoms with Gasteiger partial charge in [0.05, 0.1) is 17.7 Å². The largest absolute Gasteiger partial charge is 0.733 e. The fraction of sp³-hybridized carbons (Fsp3) is 0.125. The normalized spacial score (nSPS) is 10.7. The molecule has 0 aliphatic rings. The van der Waals surface area contributed by atoms with Crippen molar-refractivity contribution in [2.45, 2.75) is 13.5 Å². The number of fused-ring (bicyclic) bond motifs is 1. The van der Waals surface area contributed by atoms with E-state index in [1.54, 1.807) is 48.5 Å². The Balaban J connectivity index is 1.51. The number of rotatable bonds is 8. The Bertz CT molecular complexity index is 1270. The first kappa shape index (κ1) is 21.2. The van der Waals surface area contributed by atoms with Crippen molar-refractivity contribution in [3.8, 4) is 23.0 Å². The summed E-state index contributed by atoms with van der Waals surface area (Å²) in [6, 6.07) is 18.3. The van der Waals surface area contributed by atoms with E-state index in [1.807, 2.05) is 13.0 Å². The van der Waals surface area contributed by atoms with Crippen molar-refractivity contribution < 1.29 is 23.8 Å². The maximum atomic E-state index is 12.9. The first-order chi connectivity index (χ1) is 15.5.